The first-order valence-electron chi connectivity index (χ1n) is 8.06. The summed E-state index contributed by atoms with van der Waals surface area (Å²) >= 11 is 0. The molecule has 7 heteroatoms. The van der Waals surface area contributed by atoms with Crippen LogP contribution < -0.4 is 14.2 Å². The van der Waals surface area contributed by atoms with Gasteiger partial charge in [-0.1, -0.05) is 12.1 Å². The molecule has 3 rings (SSSR count). The number of ether oxygens (including phenoxy) is 2. The monoisotopic (exact) mass is 340 g/mol. The molecule has 1 saturated heterocycles. The van der Waals surface area contributed by atoms with Crippen molar-refractivity contribution >= 4 is 10.0 Å². The summed E-state index contributed by atoms with van der Waals surface area (Å²) in [6.45, 7) is 4.43. The van der Waals surface area contributed by atoms with Gasteiger partial charge in [-0.3, -0.25) is 4.90 Å². The Labute approximate surface area is 137 Å². The van der Waals surface area contributed by atoms with E-state index in [-0.39, 0.29) is 0 Å². The molecule has 0 saturated carbocycles. The average Bonchev–Trinajstić information content (AvgIpc) is 2.53. The second-order valence-electron chi connectivity index (χ2n) is 6.31. The van der Waals surface area contributed by atoms with Crippen LogP contribution >= 0.6 is 0 Å². The molecule has 1 unspecified atom stereocenters. The van der Waals surface area contributed by atoms with E-state index in [0.29, 0.717) is 25.7 Å². The van der Waals surface area contributed by atoms with Gasteiger partial charge in [0, 0.05) is 25.2 Å². The number of rotatable bonds is 5. The SMILES string of the molecule is CS(=O)(=O)NCC1CCCN(Cc2cccc3c2OCCO3)C1. The van der Waals surface area contributed by atoms with E-state index in [1.165, 1.54) is 6.26 Å². The number of sulfonamides is 1. The molecule has 0 aliphatic carbocycles. The van der Waals surface area contributed by atoms with Crippen molar-refractivity contribution in [2.45, 2.75) is 19.4 Å². The molecule has 0 spiro atoms. The number of hydrogen-bond donors (Lipinski definition) is 1. The first-order chi connectivity index (χ1) is 11.0. The summed E-state index contributed by atoms with van der Waals surface area (Å²) in [6, 6.07) is 6.01. The molecule has 0 amide bonds. The van der Waals surface area contributed by atoms with Crippen LogP contribution in [0.2, 0.25) is 0 Å². The van der Waals surface area contributed by atoms with Crippen LogP contribution in [0.1, 0.15) is 18.4 Å². The van der Waals surface area contributed by atoms with Crippen LogP contribution in [0.5, 0.6) is 11.5 Å². The Hall–Kier alpha value is -1.31. The fraction of sp³-hybridized carbons (Fsp3) is 0.625. The smallest absolute Gasteiger partial charge is 0.208 e. The summed E-state index contributed by atoms with van der Waals surface area (Å²) in [5.74, 6) is 2.03. The second-order valence-corrected chi connectivity index (χ2v) is 8.14. The zero-order valence-electron chi connectivity index (χ0n) is 13.5. The molecule has 0 aromatic heterocycles. The van der Waals surface area contributed by atoms with Gasteiger partial charge in [0.25, 0.3) is 0 Å². The van der Waals surface area contributed by atoms with Crippen molar-refractivity contribution in [2.24, 2.45) is 5.92 Å². The number of benzene rings is 1. The normalized spacial score (nSPS) is 22.0. The molecule has 0 radical (unpaired) electrons. The van der Waals surface area contributed by atoms with Gasteiger partial charge in [-0.2, -0.15) is 0 Å². The summed E-state index contributed by atoms with van der Waals surface area (Å²) in [7, 11) is -3.12. The van der Waals surface area contributed by atoms with Gasteiger partial charge >= 0.3 is 0 Å². The molecule has 23 heavy (non-hydrogen) atoms. The topological polar surface area (TPSA) is 67.9 Å². The highest BCUT2D eigenvalue weighted by Crippen LogP contribution is 2.34. The lowest BCUT2D eigenvalue weighted by Gasteiger charge is -2.33. The Morgan fingerprint density at radius 1 is 1.30 bits per heavy atom. The van der Waals surface area contributed by atoms with Crippen molar-refractivity contribution in [3.8, 4) is 11.5 Å². The number of para-hydroxylation sites is 1. The highest BCUT2D eigenvalue weighted by molar-refractivity contribution is 7.88. The van der Waals surface area contributed by atoms with Crippen LogP contribution in [0.15, 0.2) is 18.2 Å². The van der Waals surface area contributed by atoms with Gasteiger partial charge in [-0.15, -0.1) is 0 Å². The molecule has 2 aliphatic heterocycles. The van der Waals surface area contributed by atoms with Crippen LogP contribution in [0, 0.1) is 5.92 Å². The van der Waals surface area contributed by atoms with E-state index in [2.05, 4.69) is 15.7 Å². The second kappa shape index (κ2) is 7.07. The quantitative estimate of drug-likeness (QED) is 0.873. The lowest BCUT2D eigenvalue weighted by atomic mass is 9.97. The number of fused-ring (bicyclic) bond motifs is 1. The van der Waals surface area contributed by atoms with E-state index < -0.39 is 10.0 Å². The van der Waals surface area contributed by atoms with E-state index >= 15 is 0 Å². The van der Waals surface area contributed by atoms with Crippen LogP contribution in [0.25, 0.3) is 0 Å². The van der Waals surface area contributed by atoms with E-state index in [1.54, 1.807) is 0 Å². The van der Waals surface area contributed by atoms with Gasteiger partial charge in [0.2, 0.25) is 10.0 Å². The maximum atomic E-state index is 11.3. The van der Waals surface area contributed by atoms with E-state index in [0.717, 1.165) is 49.5 Å². The van der Waals surface area contributed by atoms with Crippen LogP contribution in [-0.4, -0.2) is 52.4 Å². The Balaban J connectivity index is 1.62. The number of hydrogen-bond acceptors (Lipinski definition) is 5. The summed E-state index contributed by atoms with van der Waals surface area (Å²) in [4.78, 5) is 2.37. The molecule has 6 nitrogen and oxygen atoms in total. The molecule has 1 fully saturated rings. The van der Waals surface area contributed by atoms with Crippen molar-refractivity contribution in [2.75, 3.05) is 39.1 Å². The van der Waals surface area contributed by atoms with Gasteiger partial charge in [0.1, 0.15) is 13.2 Å². The number of nitrogens with one attached hydrogen (secondary N) is 1. The summed E-state index contributed by atoms with van der Waals surface area (Å²) in [6.07, 6.45) is 3.36. The van der Waals surface area contributed by atoms with Gasteiger partial charge in [-0.05, 0) is 31.4 Å². The fourth-order valence-electron chi connectivity index (χ4n) is 3.23. The predicted molar refractivity (Wildman–Crippen MR) is 88.3 cm³/mol. The first kappa shape index (κ1) is 16.5. The zero-order chi connectivity index (χ0) is 16.3. The predicted octanol–water partition coefficient (Wildman–Crippen LogP) is 1.22. The third kappa shape index (κ3) is 4.59. The van der Waals surface area contributed by atoms with Crippen molar-refractivity contribution in [3.63, 3.8) is 0 Å². The molecule has 0 bridgehead atoms. The third-order valence-corrected chi connectivity index (χ3v) is 4.97. The standard InChI is InChI=1S/C16H24N2O4S/c1-23(19,20)17-10-13-4-3-7-18(11-13)12-14-5-2-6-15-16(14)22-9-8-21-15/h2,5-6,13,17H,3-4,7-12H2,1H3. The molecular formula is C16H24N2O4S. The molecule has 2 aliphatic rings. The summed E-state index contributed by atoms with van der Waals surface area (Å²) in [5, 5.41) is 0. The van der Waals surface area contributed by atoms with Crippen LogP contribution in [0.4, 0.5) is 0 Å². The molecule has 1 aromatic carbocycles. The summed E-state index contributed by atoms with van der Waals surface area (Å²) in [5.41, 5.74) is 1.14. The minimum atomic E-state index is -3.12. The van der Waals surface area contributed by atoms with Crippen molar-refractivity contribution < 1.29 is 17.9 Å². The van der Waals surface area contributed by atoms with Gasteiger partial charge in [0.05, 0.1) is 6.26 Å². The van der Waals surface area contributed by atoms with Crippen molar-refractivity contribution in [3.05, 3.63) is 23.8 Å². The Bertz CT molecular complexity index is 647. The maximum absolute atomic E-state index is 11.3. The molecule has 128 valence electrons. The van der Waals surface area contributed by atoms with Crippen LogP contribution in [0.3, 0.4) is 0 Å². The molecule has 1 atom stereocenters. The Morgan fingerprint density at radius 2 is 2.13 bits per heavy atom. The average molecular weight is 340 g/mol. The van der Waals surface area contributed by atoms with Crippen molar-refractivity contribution in [1.82, 2.24) is 9.62 Å². The van der Waals surface area contributed by atoms with Gasteiger partial charge < -0.3 is 9.47 Å². The molecular weight excluding hydrogens is 316 g/mol. The zero-order valence-corrected chi connectivity index (χ0v) is 14.3. The molecule has 1 aromatic rings. The minimum absolute atomic E-state index is 0.357. The fourth-order valence-corrected chi connectivity index (χ4v) is 3.77. The molecule has 1 N–H and O–H groups in total. The van der Waals surface area contributed by atoms with E-state index in [4.69, 9.17) is 9.47 Å². The van der Waals surface area contributed by atoms with Gasteiger partial charge in [-0.25, -0.2) is 13.1 Å². The van der Waals surface area contributed by atoms with Gasteiger partial charge in [0.15, 0.2) is 11.5 Å². The highest BCUT2D eigenvalue weighted by atomic mass is 32.2. The third-order valence-electron chi connectivity index (χ3n) is 4.28. The lowest BCUT2D eigenvalue weighted by Crippen LogP contribution is -2.40. The number of nitrogens with zero attached hydrogens (tertiary/aromatic N) is 1. The lowest BCUT2D eigenvalue weighted by molar-refractivity contribution is 0.152. The minimum Gasteiger partial charge on any atom is -0.486 e. The summed E-state index contributed by atoms with van der Waals surface area (Å²) < 4.78 is 36.5. The Morgan fingerprint density at radius 3 is 2.96 bits per heavy atom. The Kier molecular flexibility index (Phi) is 5.08. The number of likely N-dealkylation sites (tertiary alicyclic amines) is 1. The highest BCUT2D eigenvalue weighted by Gasteiger charge is 2.23. The van der Waals surface area contributed by atoms with Crippen molar-refractivity contribution in [1.29, 1.82) is 0 Å². The number of piperidine rings is 1. The molecule has 2 heterocycles. The largest absolute Gasteiger partial charge is 0.486 e. The van der Waals surface area contributed by atoms with Crippen LogP contribution in [-0.2, 0) is 16.6 Å². The maximum Gasteiger partial charge on any atom is 0.208 e. The first-order valence-corrected chi connectivity index (χ1v) is 9.95. The van der Waals surface area contributed by atoms with E-state index in [1.807, 2.05) is 12.1 Å². The van der Waals surface area contributed by atoms with E-state index in [9.17, 15) is 8.42 Å².